The first kappa shape index (κ1) is 15.0. The van der Waals surface area contributed by atoms with Gasteiger partial charge in [-0.05, 0) is 43.9 Å². The van der Waals surface area contributed by atoms with Crippen molar-refractivity contribution in [3.05, 3.63) is 29.1 Å². The van der Waals surface area contributed by atoms with Gasteiger partial charge in [0, 0.05) is 18.7 Å². The average Bonchev–Trinajstić information content (AvgIpc) is 2.31. The summed E-state index contributed by atoms with van der Waals surface area (Å²) in [5.41, 5.74) is 0.800. The zero-order valence-electron chi connectivity index (χ0n) is 12.4. The minimum atomic E-state index is -0.473. The molecule has 0 aliphatic carbocycles. The van der Waals surface area contributed by atoms with Crippen molar-refractivity contribution in [3.63, 3.8) is 0 Å². The van der Waals surface area contributed by atoms with Crippen LogP contribution >= 0.6 is 0 Å². The molecule has 2 rings (SSSR count). The van der Waals surface area contributed by atoms with Gasteiger partial charge in [-0.1, -0.05) is 13.8 Å². The van der Waals surface area contributed by atoms with Gasteiger partial charge in [0.15, 0.2) is 5.78 Å². The molecule has 0 aromatic heterocycles. The Morgan fingerprint density at radius 1 is 1.45 bits per heavy atom. The van der Waals surface area contributed by atoms with Crippen molar-refractivity contribution in [2.75, 3.05) is 13.1 Å². The van der Waals surface area contributed by atoms with Gasteiger partial charge in [-0.25, -0.2) is 4.39 Å². The zero-order valence-corrected chi connectivity index (χ0v) is 12.4. The SMILES string of the molecule is CC(=O)c1cc(F)cc(CN2CCCC(C)(C)C2)c1O. The minimum absolute atomic E-state index is 0.0660. The number of aromatic hydroxyl groups is 1. The minimum Gasteiger partial charge on any atom is -0.507 e. The molecule has 1 aliphatic heterocycles. The zero-order chi connectivity index (χ0) is 14.9. The number of benzene rings is 1. The lowest BCUT2D eigenvalue weighted by Crippen LogP contribution is -2.39. The van der Waals surface area contributed by atoms with Crippen LogP contribution in [0.5, 0.6) is 5.75 Å². The van der Waals surface area contributed by atoms with E-state index in [1.807, 2.05) is 0 Å². The second-order valence-electron chi connectivity index (χ2n) is 6.50. The molecule has 1 fully saturated rings. The first-order valence-electron chi connectivity index (χ1n) is 7.03. The van der Waals surface area contributed by atoms with Crippen LogP contribution in [0.1, 0.15) is 49.5 Å². The maximum atomic E-state index is 13.6. The average molecular weight is 279 g/mol. The molecule has 1 aliphatic rings. The third-order valence-corrected chi connectivity index (χ3v) is 3.91. The Balaban J connectivity index is 2.23. The van der Waals surface area contributed by atoms with E-state index in [9.17, 15) is 14.3 Å². The third-order valence-electron chi connectivity index (χ3n) is 3.91. The summed E-state index contributed by atoms with van der Waals surface area (Å²) in [6.07, 6.45) is 2.28. The molecule has 1 aromatic rings. The van der Waals surface area contributed by atoms with Gasteiger partial charge in [-0.15, -0.1) is 0 Å². The number of carbonyl (C=O) groups is 1. The van der Waals surface area contributed by atoms with Crippen LogP contribution in [0.15, 0.2) is 12.1 Å². The lowest BCUT2D eigenvalue weighted by molar-refractivity contribution is 0.101. The molecule has 0 bridgehead atoms. The molecule has 0 amide bonds. The number of piperidine rings is 1. The van der Waals surface area contributed by atoms with Crippen LogP contribution in [0, 0.1) is 11.2 Å². The van der Waals surface area contributed by atoms with Gasteiger partial charge in [0.1, 0.15) is 11.6 Å². The van der Waals surface area contributed by atoms with Crippen molar-refractivity contribution in [3.8, 4) is 5.75 Å². The van der Waals surface area contributed by atoms with Crippen molar-refractivity contribution in [1.29, 1.82) is 0 Å². The molecule has 4 heteroatoms. The summed E-state index contributed by atoms with van der Waals surface area (Å²) in [6.45, 7) is 8.10. The Bertz CT molecular complexity index is 525. The Morgan fingerprint density at radius 3 is 2.75 bits per heavy atom. The van der Waals surface area contributed by atoms with Crippen LogP contribution < -0.4 is 0 Å². The van der Waals surface area contributed by atoms with Gasteiger partial charge in [0.25, 0.3) is 0 Å². The monoisotopic (exact) mass is 279 g/mol. The number of nitrogens with zero attached hydrogens (tertiary/aromatic N) is 1. The van der Waals surface area contributed by atoms with E-state index in [-0.39, 0.29) is 22.5 Å². The van der Waals surface area contributed by atoms with Crippen LogP contribution in [0.3, 0.4) is 0 Å². The molecule has 0 unspecified atom stereocenters. The molecular formula is C16H22FNO2. The summed E-state index contributed by atoms with van der Waals surface area (Å²) >= 11 is 0. The largest absolute Gasteiger partial charge is 0.507 e. The number of halogens is 1. The number of Topliss-reactive ketones (excluding diaryl/α,β-unsaturated/α-hetero) is 1. The second-order valence-corrected chi connectivity index (χ2v) is 6.50. The van der Waals surface area contributed by atoms with Crippen molar-refractivity contribution in [1.82, 2.24) is 4.90 Å². The molecule has 110 valence electrons. The molecule has 0 saturated carbocycles. The first-order valence-corrected chi connectivity index (χ1v) is 7.03. The predicted molar refractivity (Wildman–Crippen MR) is 76.4 cm³/mol. The van der Waals surface area contributed by atoms with Gasteiger partial charge < -0.3 is 5.11 Å². The number of likely N-dealkylation sites (tertiary alicyclic amines) is 1. The molecule has 1 aromatic carbocycles. The summed E-state index contributed by atoms with van der Waals surface area (Å²) in [5.74, 6) is -0.872. The topological polar surface area (TPSA) is 40.5 Å². The molecule has 1 saturated heterocycles. The highest BCUT2D eigenvalue weighted by Gasteiger charge is 2.27. The Labute approximate surface area is 119 Å². The second kappa shape index (κ2) is 5.52. The molecule has 3 nitrogen and oxygen atoms in total. The maximum Gasteiger partial charge on any atom is 0.163 e. The van der Waals surface area contributed by atoms with Gasteiger partial charge in [0.2, 0.25) is 0 Å². The van der Waals surface area contributed by atoms with Crippen LogP contribution in [-0.4, -0.2) is 28.9 Å². The van der Waals surface area contributed by atoms with Gasteiger partial charge in [-0.2, -0.15) is 0 Å². The Kier molecular flexibility index (Phi) is 4.14. The van der Waals surface area contributed by atoms with E-state index >= 15 is 0 Å². The fourth-order valence-corrected chi connectivity index (χ4v) is 2.97. The van der Waals surface area contributed by atoms with Crippen molar-refractivity contribution >= 4 is 5.78 Å². The molecule has 0 atom stereocenters. The van der Waals surface area contributed by atoms with Gasteiger partial charge in [-0.3, -0.25) is 9.69 Å². The Morgan fingerprint density at radius 2 is 2.15 bits per heavy atom. The quantitative estimate of drug-likeness (QED) is 0.863. The van der Waals surface area contributed by atoms with Crippen molar-refractivity contribution < 1.29 is 14.3 Å². The highest BCUT2D eigenvalue weighted by molar-refractivity contribution is 5.97. The summed E-state index contributed by atoms with van der Waals surface area (Å²) in [7, 11) is 0. The maximum absolute atomic E-state index is 13.6. The summed E-state index contributed by atoms with van der Waals surface area (Å²) < 4.78 is 13.6. The van der Waals surface area contributed by atoms with E-state index in [1.165, 1.54) is 19.4 Å². The van der Waals surface area contributed by atoms with Crippen LogP contribution in [0.2, 0.25) is 0 Å². The lowest BCUT2D eigenvalue weighted by Gasteiger charge is -2.38. The van der Waals surface area contributed by atoms with E-state index in [2.05, 4.69) is 18.7 Å². The third kappa shape index (κ3) is 3.37. The highest BCUT2D eigenvalue weighted by Crippen LogP contribution is 2.31. The van der Waals surface area contributed by atoms with E-state index in [0.717, 1.165) is 25.6 Å². The summed E-state index contributed by atoms with van der Waals surface area (Å²) in [4.78, 5) is 13.6. The molecule has 0 spiro atoms. The van der Waals surface area contributed by atoms with Crippen LogP contribution in [-0.2, 0) is 6.54 Å². The van der Waals surface area contributed by atoms with Gasteiger partial charge in [0.05, 0.1) is 5.56 Å². The number of ketones is 1. The van der Waals surface area contributed by atoms with Gasteiger partial charge >= 0.3 is 0 Å². The number of rotatable bonds is 3. The van der Waals surface area contributed by atoms with Crippen LogP contribution in [0.4, 0.5) is 4.39 Å². The van der Waals surface area contributed by atoms with E-state index in [4.69, 9.17) is 0 Å². The normalized spacial score (nSPS) is 19.0. The molecular weight excluding hydrogens is 257 g/mol. The molecule has 1 N–H and O–H groups in total. The number of hydrogen-bond acceptors (Lipinski definition) is 3. The standard InChI is InChI=1S/C16H22FNO2/c1-11(19)14-8-13(17)7-12(15(14)20)9-18-6-4-5-16(2,3)10-18/h7-8,20H,4-6,9-10H2,1-3H3. The van der Waals surface area contributed by atoms with E-state index in [1.54, 1.807) is 0 Å². The van der Waals surface area contributed by atoms with Crippen molar-refractivity contribution in [2.45, 2.75) is 40.2 Å². The Hall–Kier alpha value is -1.42. The van der Waals surface area contributed by atoms with Crippen LogP contribution in [0.25, 0.3) is 0 Å². The molecule has 20 heavy (non-hydrogen) atoms. The predicted octanol–water partition coefficient (Wildman–Crippen LogP) is 3.36. The summed E-state index contributed by atoms with van der Waals surface area (Å²) in [5, 5.41) is 10.1. The highest BCUT2D eigenvalue weighted by atomic mass is 19.1. The molecule has 1 heterocycles. The number of hydrogen-bond donors (Lipinski definition) is 1. The lowest BCUT2D eigenvalue weighted by atomic mass is 9.84. The summed E-state index contributed by atoms with van der Waals surface area (Å²) in [6, 6.07) is 2.42. The number of phenols is 1. The fraction of sp³-hybridized carbons (Fsp3) is 0.562. The smallest absolute Gasteiger partial charge is 0.163 e. The number of phenolic OH excluding ortho intramolecular Hbond substituents is 1. The van der Waals surface area contributed by atoms with E-state index < -0.39 is 5.82 Å². The fourth-order valence-electron chi connectivity index (χ4n) is 2.97. The number of carbonyl (C=O) groups excluding carboxylic acids is 1. The first-order chi connectivity index (χ1) is 9.28. The molecule has 0 radical (unpaired) electrons. The van der Waals surface area contributed by atoms with Crippen molar-refractivity contribution in [2.24, 2.45) is 5.41 Å². The van der Waals surface area contributed by atoms with E-state index in [0.29, 0.717) is 12.1 Å².